The minimum atomic E-state index is 0.119. The molecule has 28 heavy (non-hydrogen) atoms. The minimum Gasteiger partial charge on any atom is -0.467 e. The minimum absolute atomic E-state index is 0.119. The van der Waals surface area contributed by atoms with Crippen LogP contribution < -0.4 is 4.74 Å². The van der Waals surface area contributed by atoms with Crippen molar-refractivity contribution in [1.82, 2.24) is 9.88 Å². The Bertz CT molecular complexity index is 966. The standard InChI is InChI=1S/C21H21ClN2O2S2/c1-14-3-2-4-18-20(14)23-21(28-18)26-16-9-11-24(12-10-16)19(25)13-27-17-7-5-15(22)6-8-17/h2-8,16H,9-13H2,1H3. The molecule has 0 radical (unpaired) electrons. The van der Waals surface area contributed by atoms with Crippen molar-refractivity contribution in [2.45, 2.75) is 30.8 Å². The van der Waals surface area contributed by atoms with E-state index in [0.29, 0.717) is 10.8 Å². The van der Waals surface area contributed by atoms with Gasteiger partial charge >= 0.3 is 0 Å². The molecule has 1 amide bonds. The molecule has 1 fully saturated rings. The summed E-state index contributed by atoms with van der Waals surface area (Å²) in [7, 11) is 0. The van der Waals surface area contributed by atoms with E-state index in [9.17, 15) is 4.79 Å². The molecule has 1 aliphatic rings. The molecule has 0 N–H and O–H groups in total. The van der Waals surface area contributed by atoms with Crippen LogP contribution in [0.25, 0.3) is 10.2 Å². The maximum Gasteiger partial charge on any atom is 0.274 e. The zero-order chi connectivity index (χ0) is 19.5. The summed E-state index contributed by atoms with van der Waals surface area (Å²) in [6.45, 7) is 3.53. The molecule has 0 atom stereocenters. The average molecular weight is 433 g/mol. The fraction of sp³-hybridized carbons (Fsp3) is 0.333. The quantitative estimate of drug-likeness (QED) is 0.505. The zero-order valence-corrected chi connectivity index (χ0v) is 17.9. The summed E-state index contributed by atoms with van der Waals surface area (Å²) >= 11 is 9.04. The molecule has 0 unspecified atom stereocenters. The summed E-state index contributed by atoms with van der Waals surface area (Å²) < 4.78 is 7.27. The third-order valence-electron chi connectivity index (χ3n) is 4.84. The molecule has 4 nitrogen and oxygen atoms in total. The summed E-state index contributed by atoms with van der Waals surface area (Å²) in [5, 5.41) is 1.44. The molecule has 2 heterocycles. The molecule has 0 bridgehead atoms. The van der Waals surface area contributed by atoms with Gasteiger partial charge in [-0.1, -0.05) is 35.1 Å². The molecule has 0 aliphatic carbocycles. The van der Waals surface area contributed by atoms with Crippen molar-refractivity contribution in [2.75, 3.05) is 18.8 Å². The van der Waals surface area contributed by atoms with Crippen LogP contribution in [0, 0.1) is 6.92 Å². The van der Waals surface area contributed by atoms with E-state index in [2.05, 4.69) is 24.0 Å². The fourth-order valence-electron chi connectivity index (χ4n) is 3.25. The Morgan fingerprint density at radius 3 is 2.71 bits per heavy atom. The Labute approximate surface area is 177 Å². The van der Waals surface area contributed by atoms with Crippen LogP contribution >= 0.6 is 34.7 Å². The largest absolute Gasteiger partial charge is 0.467 e. The lowest BCUT2D eigenvalue weighted by atomic mass is 10.1. The van der Waals surface area contributed by atoms with E-state index < -0.39 is 0 Å². The first-order valence-corrected chi connectivity index (χ1v) is 11.5. The number of aromatic nitrogens is 1. The molecule has 3 aromatic rings. The highest BCUT2D eigenvalue weighted by molar-refractivity contribution is 8.00. The lowest BCUT2D eigenvalue weighted by Crippen LogP contribution is -2.42. The van der Waals surface area contributed by atoms with E-state index >= 15 is 0 Å². The number of likely N-dealkylation sites (tertiary alicyclic amines) is 1. The number of hydrogen-bond donors (Lipinski definition) is 0. The lowest BCUT2D eigenvalue weighted by Gasteiger charge is -2.31. The molecular weight excluding hydrogens is 412 g/mol. The Kier molecular flexibility index (Phi) is 6.09. The number of rotatable bonds is 5. The van der Waals surface area contributed by atoms with Gasteiger partial charge in [0.25, 0.3) is 5.19 Å². The number of nitrogens with zero attached hydrogens (tertiary/aromatic N) is 2. The summed E-state index contributed by atoms with van der Waals surface area (Å²) in [5.41, 5.74) is 2.19. The van der Waals surface area contributed by atoms with Crippen LogP contribution in [0.3, 0.4) is 0 Å². The number of hydrogen-bond acceptors (Lipinski definition) is 5. The molecule has 0 saturated carbocycles. The van der Waals surface area contributed by atoms with Crippen molar-refractivity contribution in [1.29, 1.82) is 0 Å². The van der Waals surface area contributed by atoms with Gasteiger partial charge in [-0.25, -0.2) is 4.98 Å². The summed E-state index contributed by atoms with van der Waals surface area (Å²) in [6, 6.07) is 13.8. The number of amides is 1. The molecule has 1 aliphatic heterocycles. The molecule has 1 aromatic heterocycles. The van der Waals surface area contributed by atoms with Gasteiger partial charge in [0.1, 0.15) is 6.10 Å². The van der Waals surface area contributed by atoms with Crippen LogP contribution in [-0.4, -0.2) is 40.7 Å². The predicted octanol–water partition coefficient (Wildman–Crippen LogP) is 5.42. The third-order valence-corrected chi connectivity index (χ3v) is 7.00. The number of thiazole rings is 1. The van der Waals surface area contributed by atoms with Gasteiger partial charge in [-0.15, -0.1) is 11.8 Å². The third kappa shape index (κ3) is 4.62. The number of halogens is 1. The molecule has 146 valence electrons. The first kappa shape index (κ1) is 19.6. The molecule has 7 heteroatoms. The van der Waals surface area contributed by atoms with Crippen molar-refractivity contribution in [3.8, 4) is 5.19 Å². The second kappa shape index (κ2) is 8.72. The van der Waals surface area contributed by atoms with Gasteiger partial charge in [0.15, 0.2) is 0 Å². The van der Waals surface area contributed by atoms with E-state index in [0.717, 1.165) is 46.2 Å². The van der Waals surface area contributed by atoms with Crippen LogP contribution in [0.15, 0.2) is 47.4 Å². The topological polar surface area (TPSA) is 42.4 Å². The number of benzene rings is 2. The van der Waals surface area contributed by atoms with E-state index in [1.54, 1.807) is 23.1 Å². The van der Waals surface area contributed by atoms with Crippen LogP contribution in [0.4, 0.5) is 0 Å². The second-order valence-electron chi connectivity index (χ2n) is 6.84. The van der Waals surface area contributed by atoms with Crippen molar-refractivity contribution in [3.05, 3.63) is 53.1 Å². The average Bonchev–Trinajstić information content (AvgIpc) is 3.12. The van der Waals surface area contributed by atoms with E-state index in [-0.39, 0.29) is 12.0 Å². The Hall–Kier alpha value is -1.76. The number of ether oxygens (including phenoxy) is 1. The Morgan fingerprint density at radius 2 is 2.00 bits per heavy atom. The summed E-state index contributed by atoms with van der Waals surface area (Å²) in [4.78, 5) is 20.1. The fourth-order valence-corrected chi connectivity index (χ4v) is 5.14. The van der Waals surface area contributed by atoms with Crippen molar-refractivity contribution >= 4 is 50.8 Å². The van der Waals surface area contributed by atoms with E-state index in [4.69, 9.17) is 16.3 Å². The smallest absolute Gasteiger partial charge is 0.274 e. The summed E-state index contributed by atoms with van der Waals surface area (Å²) in [6.07, 6.45) is 1.80. The van der Waals surface area contributed by atoms with Crippen LogP contribution in [0.5, 0.6) is 5.19 Å². The number of aryl methyl sites for hydroxylation is 1. The predicted molar refractivity (Wildman–Crippen MR) is 117 cm³/mol. The molecular formula is C21H21ClN2O2S2. The number of fused-ring (bicyclic) bond motifs is 1. The molecule has 2 aromatic carbocycles. The van der Waals surface area contributed by atoms with Crippen molar-refractivity contribution in [2.24, 2.45) is 0 Å². The first-order valence-electron chi connectivity index (χ1n) is 9.27. The van der Waals surface area contributed by atoms with Gasteiger partial charge in [0.05, 0.1) is 16.0 Å². The lowest BCUT2D eigenvalue weighted by molar-refractivity contribution is -0.130. The highest BCUT2D eigenvalue weighted by Crippen LogP contribution is 2.31. The monoisotopic (exact) mass is 432 g/mol. The van der Waals surface area contributed by atoms with Gasteiger partial charge in [-0.2, -0.15) is 0 Å². The Balaban J connectivity index is 1.27. The number of piperidine rings is 1. The number of para-hydroxylation sites is 1. The molecule has 1 saturated heterocycles. The maximum atomic E-state index is 12.5. The van der Waals surface area contributed by atoms with Gasteiger partial charge in [-0.05, 0) is 42.8 Å². The molecule has 0 spiro atoms. The number of carbonyl (C=O) groups is 1. The maximum absolute atomic E-state index is 12.5. The van der Waals surface area contributed by atoms with Gasteiger partial charge in [0.2, 0.25) is 5.91 Å². The van der Waals surface area contributed by atoms with Crippen molar-refractivity contribution < 1.29 is 9.53 Å². The molecule has 4 rings (SSSR count). The highest BCUT2D eigenvalue weighted by atomic mass is 35.5. The Morgan fingerprint density at radius 1 is 1.25 bits per heavy atom. The number of carbonyl (C=O) groups excluding carboxylic acids is 1. The number of thioether (sulfide) groups is 1. The first-order chi connectivity index (χ1) is 13.6. The SMILES string of the molecule is Cc1cccc2sc(OC3CCN(C(=O)CSc4ccc(Cl)cc4)CC3)nc12. The second-order valence-corrected chi connectivity index (χ2v) is 9.32. The summed E-state index contributed by atoms with van der Waals surface area (Å²) in [5.74, 6) is 0.624. The van der Waals surface area contributed by atoms with Gasteiger partial charge in [-0.3, -0.25) is 4.79 Å². The highest BCUT2D eigenvalue weighted by Gasteiger charge is 2.24. The van der Waals surface area contributed by atoms with Crippen LogP contribution in [0.2, 0.25) is 5.02 Å². The van der Waals surface area contributed by atoms with E-state index in [1.165, 1.54) is 5.56 Å². The van der Waals surface area contributed by atoms with E-state index in [1.807, 2.05) is 35.2 Å². The zero-order valence-electron chi connectivity index (χ0n) is 15.6. The normalized spacial score (nSPS) is 15.1. The van der Waals surface area contributed by atoms with Crippen LogP contribution in [0.1, 0.15) is 18.4 Å². The van der Waals surface area contributed by atoms with Crippen LogP contribution in [-0.2, 0) is 4.79 Å². The van der Waals surface area contributed by atoms with Gasteiger partial charge < -0.3 is 9.64 Å². The van der Waals surface area contributed by atoms with Gasteiger partial charge in [0, 0.05) is 35.8 Å². The van der Waals surface area contributed by atoms with Crippen molar-refractivity contribution in [3.63, 3.8) is 0 Å².